The number of sulfonamides is 1. The van der Waals surface area contributed by atoms with E-state index in [1.165, 1.54) is 11.3 Å². The van der Waals surface area contributed by atoms with Gasteiger partial charge in [0.05, 0.1) is 16.3 Å². The molecule has 0 aliphatic carbocycles. The van der Waals surface area contributed by atoms with Crippen LogP contribution in [0.4, 0.5) is 5.69 Å². The molecule has 0 unspecified atom stereocenters. The van der Waals surface area contributed by atoms with Gasteiger partial charge in [0.25, 0.3) is 0 Å². The Labute approximate surface area is 219 Å². The second-order valence-corrected chi connectivity index (χ2v) is 11.0. The predicted molar refractivity (Wildman–Crippen MR) is 146 cm³/mol. The largest absolute Gasteiger partial charge is 0.285 e. The maximum atomic E-state index is 13.1. The third-order valence-corrected chi connectivity index (χ3v) is 8.00. The van der Waals surface area contributed by atoms with E-state index in [1.807, 2.05) is 76.7 Å². The summed E-state index contributed by atoms with van der Waals surface area (Å²) >= 11 is 7.43. The maximum absolute atomic E-state index is 13.1. The first kappa shape index (κ1) is 24.2. The Kier molecular flexibility index (Phi) is 7.16. The van der Waals surface area contributed by atoms with Gasteiger partial charge in [0.15, 0.2) is 4.80 Å². The van der Waals surface area contributed by atoms with Gasteiger partial charge in [0.1, 0.15) is 0 Å². The third-order valence-electron chi connectivity index (χ3n) is 5.52. The summed E-state index contributed by atoms with van der Waals surface area (Å²) in [7, 11) is -3.73. The molecule has 1 heterocycles. The van der Waals surface area contributed by atoms with Crippen LogP contribution in [0.5, 0.6) is 0 Å². The van der Waals surface area contributed by atoms with Gasteiger partial charge in [-0.05, 0) is 54.1 Å². The minimum Gasteiger partial charge on any atom is -0.285 e. The molecule has 1 aromatic heterocycles. The Bertz CT molecular complexity index is 1640. The summed E-state index contributed by atoms with van der Waals surface area (Å²) in [4.78, 5) is 5.83. The number of aromatic nitrogens is 1. The number of thiazole rings is 1. The van der Waals surface area contributed by atoms with Gasteiger partial charge in [0.2, 0.25) is 10.0 Å². The molecule has 5 rings (SSSR count). The van der Waals surface area contributed by atoms with E-state index < -0.39 is 10.0 Å². The molecule has 0 spiro atoms. The van der Waals surface area contributed by atoms with Crippen LogP contribution >= 0.6 is 22.9 Å². The van der Waals surface area contributed by atoms with E-state index in [0.717, 1.165) is 33.0 Å². The van der Waals surface area contributed by atoms with Crippen molar-refractivity contribution in [1.82, 2.24) is 9.29 Å². The van der Waals surface area contributed by atoms with Crippen LogP contribution in [0.3, 0.4) is 0 Å². The summed E-state index contributed by atoms with van der Waals surface area (Å²) in [5.74, 6) is 0. The van der Waals surface area contributed by atoms with E-state index in [-0.39, 0.29) is 11.4 Å². The Morgan fingerprint density at radius 3 is 2.25 bits per heavy atom. The van der Waals surface area contributed by atoms with E-state index in [0.29, 0.717) is 5.02 Å². The van der Waals surface area contributed by atoms with E-state index in [4.69, 9.17) is 16.6 Å². The van der Waals surface area contributed by atoms with Gasteiger partial charge in [-0.25, -0.2) is 18.1 Å². The molecule has 0 bridgehead atoms. The normalized spacial score (nSPS) is 12.1. The van der Waals surface area contributed by atoms with Crippen molar-refractivity contribution < 1.29 is 8.42 Å². The number of para-hydroxylation sites is 2. The minimum atomic E-state index is -3.73. The van der Waals surface area contributed by atoms with Crippen LogP contribution in [0.25, 0.3) is 16.9 Å². The second-order valence-electron chi connectivity index (χ2n) is 8.00. The first-order valence-electron chi connectivity index (χ1n) is 11.2. The summed E-state index contributed by atoms with van der Waals surface area (Å²) in [6, 6.07) is 33.7. The number of benzene rings is 4. The molecule has 0 amide bonds. The first-order valence-corrected chi connectivity index (χ1v) is 13.9. The molecule has 5 nitrogen and oxygen atoms in total. The highest BCUT2D eigenvalue weighted by Gasteiger charge is 2.17. The molecule has 180 valence electrons. The Morgan fingerprint density at radius 2 is 1.53 bits per heavy atom. The number of nitrogens with zero attached hydrogens (tertiary/aromatic N) is 2. The molecular formula is C28H22ClN3O2S2. The molecule has 1 N–H and O–H groups in total. The van der Waals surface area contributed by atoms with Crippen molar-refractivity contribution in [2.24, 2.45) is 4.99 Å². The smallest absolute Gasteiger partial charge is 0.240 e. The highest BCUT2D eigenvalue weighted by atomic mass is 35.5. The molecule has 4 aromatic carbocycles. The highest BCUT2D eigenvalue weighted by Crippen LogP contribution is 2.26. The fourth-order valence-electron chi connectivity index (χ4n) is 3.72. The van der Waals surface area contributed by atoms with Crippen LogP contribution in [0.15, 0.2) is 124 Å². The van der Waals surface area contributed by atoms with Gasteiger partial charge in [-0.2, -0.15) is 0 Å². The van der Waals surface area contributed by atoms with Crippen LogP contribution in [-0.4, -0.2) is 13.0 Å². The molecule has 0 aliphatic heterocycles. The molecule has 0 saturated carbocycles. The topological polar surface area (TPSA) is 63.5 Å². The SMILES string of the molecule is O=S(=O)(NCc1ccc(Cl)cc1)c1cccc(-c2csc(=Nc3ccccc3)n2-c2ccccc2)c1. The van der Waals surface area contributed by atoms with E-state index >= 15 is 0 Å². The lowest BCUT2D eigenvalue weighted by Gasteiger charge is -2.11. The van der Waals surface area contributed by atoms with Gasteiger partial charge >= 0.3 is 0 Å². The number of nitrogens with one attached hydrogen (secondary N) is 1. The van der Waals surface area contributed by atoms with Crippen LogP contribution in [0, 0.1) is 0 Å². The van der Waals surface area contributed by atoms with E-state index in [2.05, 4.69) is 4.72 Å². The fraction of sp³-hybridized carbons (Fsp3) is 0.0357. The summed E-state index contributed by atoms with van der Waals surface area (Å²) in [5.41, 5.74) is 4.25. The van der Waals surface area contributed by atoms with Crippen molar-refractivity contribution in [3.8, 4) is 16.9 Å². The molecule has 0 atom stereocenters. The summed E-state index contributed by atoms with van der Waals surface area (Å²) < 4.78 is 30.9. The van der Waals surface area contributed by atoms with E-state index in [1.54, 1.807) is 42.5 Å². The standard InChI is InChI=1S/C28H22ClN3O2S2/c29-23-16-14-21(15-17-23)19-30-36(33,34)26-13-7-8-22(18-26)27-20-35-28(31-24-9-3-1-4-10-24)32(27)25-11-5-2-6-12-25/h1-18,20,30H,19H2. The van der Waals surface area contributed by atoms with E-state index in [9.17, 15) is 8.42 Å². The van der Waals surface area contributed by atoms with Crippen molar-refractivity contribution in [2.45, 2.75) is 11.4 Å². The van der Waals surface area contributed by atoms with Crippen molar-refractivity contribution in [2.75, 3.05) is 0 Å². The number of halogens is 1. The van der Waals surface area contributed by atoms with Crippen molar-refractivity contribution in [3.63, 3.8) is 0 Å². The third kappa shape index (κ3) is 5.50. The zero-order chi connectivity index (χ0) is 25.0. The Morgan fingerprint density at radius 1 is 0.833 bits per heavy atom. The quantitative estimate of drug-likeness (QED) is 0.258. The Hall–Kier alpha value is -3.49. The summed E-state index contributed by atoms with van der Waals surface area (Å²) in [5, 5.41) is 2.61. The van der Waals surface area contributed by atoms with Crippen LogP contribution < -0.4 is 9.52 Å². The van der Waals surface area contributed by atoms with Gasteiger partial charge in [0, 0.05) is 28.2 Å². The maximum Gasteiger partial charge on any atom is 0.240 e. The zero-order valence-electron chi connectivity index (χ0n) is 19.1. The molecule has 5 aromatic rings. The molecule has 0 saturated heterocycles. The fourth-order valence-corrected chi connectivity index (χ4v) is 5.83. The van der Waals surface area contributed by atoms with Gasteiger partial charge in [-0.1, -0.05) is 72.3 Å². The predicted octanol–water partition coefficient (Wildman–Crippen LogP) is 6.57. The number of hydrogen-bond acceptors (Lipinski definition) is 4. The van der Waals surface area contributed by atoms with Crippen LogP contribution in [0.1, 0.15) is 5.56 Å². The summed E-state index contributed by atoms with van der Waals surface area (Å²) in [6.45, 7) is 0.173. The minimum absolute atomic E-state index is 0.173. The second kappa shape index (κ2) is 10.6. The zero-order valence-corrected chi connectivity index (χ0v) is 21.5. The average molecular weight is 532 g/mol. The molecule has 0 radical (unpaired) electrons. The van der Waals surface area contributed by atoms with Crippen molar-refractivity contribution in [1.29, 1.82) is 0 Å². The molecule has 0 fully saturated rings. The monoisotopic (exact) mass is 531 g/mol. The highest BCUT2D eigenvalue weighted by molar-refractivity contribution is 7.89. The van der Waals surface area contributed by atoms with Gasteiger partial charge in [-0.3, -0.25) is 4.57 Å². The van der Waals surface area contributed by atoms with Crippen molar-refractivity contribution in [3.05, 3.63) is 130 Å². The van der Waals surface area contributed by atoms with Gasteiger partial charge < -0.3 is 0 Å². The Balaban J connectivity index is 1.53. The number of rotatable bonds is 7. The molecule has 8 heteroatoms. The first-order chi connectivity index (χ1) is 17.5. The van der Waals surface area contributed by atoms with Crippen molar-refractivity contribution >= 4 is 38.6 Å². The number of hydrogen-bond donors (Lipinski definition) is 1. The molecule has 36 heavy (non-hydrogen) atoms. The molecule has 0 aliphatic rings. The average Bonchev–Trinajstić information content (AvgIpc) is 3.33. The molecular weight excluding hydrogens is 510 g/mol. The van der Waals surface area contributed by atoms with Gasteiger partial charge in [-0.15, -0.1) is 11.3 Å². The lowest BCUT2D eigenvalue weighted by molar-refractivity contribution is 0.581. The lowest BCUT2D eigenvalue weighted by Crippen LogP contribution is -2.23. The van der Waals surface area contributed by atoms with Crippen LogP contribution in [-0.2, 0) is 16.6 Å². The lowest BCUT2D eigenvalue weighted by atomic mass is 10.1. The summed E-state index contributed by atoms with van der Waals surface area (Å²) in [6.07, 6.45) is 0. The van der Waals surface area contributed by atoms with Crippen LogP contribution in [0.2, 0.25) is 5.02 Å².